The summed E-state index contributed by atoms with van der Waals surface area (Å²) in [7, 11) is 3.25. The molecule has 2 N–H and O–H groups in total. The summed E-state index contributed by atoms with van der Waals surface area (Å²) < 4.78 is 10.2. The molecule has 2 aromatic carbocycles. The average Bonchev–Trinajstić information content (AvgIpc) is 2.60. The molecule has 0 aliphatic rings. The zero-order valence-corrected chi connectivity index (χ0v) is 13.6. The number of carbonyl (C=O) groups excluding carboxylic acids is 1. The van der Waals surface area contributed by atoms with Crippen LogP contribution in [0.2, 0.25) is 0 Å². The van der Waals surface area contributed by atoms with Gasteiger partial charge >= 0.3 is 0 Å². The second-order valence-electron chi connectivity index (χ2n) is 5.16. The lowest BCUT2D eigenvalue weighted by atomic mass is 10.2. The standard InChI is InChI=1S/C18H22N2O3/c1-13(20-15-6-10-17(23-3)11-7-15)18(21)19-12-14-4-8-16(22-2)9-5-14/h4-11,13,20H,12H2,1-3H3,(H,19,21)/t13-/m1/s1. The third kappa shape index (κ3) is 4.92. The van der Waals surface area contributed by atoms with Crippen molar-refractivity contribution in [1.29, 1.82) is 0 Å². The number of amides is 1. The number of anilines is 1. The molecule has 5 nitrogen and oxygen atoms in total. The molecule has 1 atom stereocenters. The Morgan fingerprint density at radius 1 is 0.957 bits per heavy atom. The van der Waals surface area contributed by atoms with E-state index in [1.165, 1.54) is 0 Å². The molecule has 0 aliphatic carbocycles. The number of rotatable bonds is 7. The molecule has 0 fully saturated rings. The van der Waals surface area contributed by atoms with Gasteiger partial charge < -0.3 is 20.1 Å². The maximum absolute atomic E-state index is 12.1. The van der Waals surface area contributed by atoms with E-state index in [1.54, 1.807) is 14.2 Å². The Morgan fingerprint density at radius 2 is 1.48 bits per heavy atom. The summed E-state index contributed by atoms with van der Waals surface area (Å²) in [5.74, 6) is 1.53. The summed E-state index contributed by atoms with van der Waals surface area (Å²) in [6, 6.07) is 14.7. The molecule has 0 aromatic heterocycles. The zero-order valence-electron chi connectivity index (χ0n) is 13.6. The molecule has 23 heavy (non-hydrogen) atoms. The summed E-state index contributed by atoms with van der Waals surface area (Å²) in [4.78, 5) is 12.1. The molecule has 0 spiro atoms. The predicted molar refractivity (Wildman–Crippen MR) is 90.9 cm³/mol. The van der Waals surface area contributed by atoms with E-state index < -0.39 is 0 Å². The highest BCUT2D eigenvalue weighted by molar-refractivity contribution is 5.84. The Balaban J connectivity index is 1.83. The molecule has 0 saturated carbocycles. The largest absolute Gasteiger partial charge is 0.497 e. The van der Waals surface area contributed by atoms with Crippen LogP contribution in [0.5, 0.6) is 11.5 Å². The third-order valence-corrected chi connectivity index (χ3v) is 3.49. The van der Waals surface area contributed by atoms with Gasteiger partial charge in [0, 0.05) is 12.2 Å². The van der Waals surface area contributed by atoms with Gasteiger partial charge in [0.25, 0.3) is 0 Å². The van der Waals surface area contributed by atoms with Gasteiger partial charge in [-0.15, -0.1) is 0 Å². The van der Waals surface area contributed by atoms with Crippen molar-refractivity contribution in [2.45, 2.75) is 19.5 Å². The third-order valence-electron chi connectivity index (χ3n) is 3.49. The Kier molecular flexibility index (Phi) is 5.86. The minimum Gasteiger partial charge on any atom is -0.497 e. The lowest BCUT2D eigenvalue weighted by molar-refractivity contribution is -0.121. The molecule has 5 heteroatoms. The number of methoxy groups -OCH3 is 2. The van der Waals surface area contributed by atoms with Crippen LogP contribution in [0.1, 0.15) is 12.5 Å². The maximum Gasteiger partial charge on any atom is 0.242 e. The Labute approximate surface area is 136 Å². The smallest absolute Gasteiger partial charge is 0.242 e. The van der Waals surface area contributed by atoms with E-state index in [0.717, 1.165) is 22.7 Å². The average molecular weight is 314 g/mol. The first-order chi connectivity index (χ1) is 11.1. The van der Waals surface area contributed by atoms with E-state index in [4.69, 9.17) is 9.47 Å². The van der Waals surface area contributed by atoms with Crippen molar-refractivity contribution in [3.63, 3.8) is 0 Å². The molecule has 0 aliphatic heterocycles. The van der Waals surface area contributed by atoms with Crippen LogP contribution in [0.15, 0.2) is 48.5 Å². The molecule has 0 radical (unpaired) electrons. The van der Waals surface area contributed by atoms with Gasteiger partial charge in [-0.05, 0) is 48.9 Å². The number of nitrogens with one attached hydrogen (secondary N) is 2. The number of hydrogen-bond donors (Lipinski definition) is 2. The van der Waals surface area contributed by atoms with Crippen molar-refractivity contribution in [2.24, 2.45) is 0 Å². The Hall–Kier alpha value is -2.69. The predicted octanol–water partition coefficient (Wildman–Crippen LogP) is 2.82. The minimum atomic E-state index is -0.332. The van der Waals surface area contributed by atoms with Crippen molar-refractivity contribution < 1.29 is 14.3 Å². The van der Waals surface area contributed by atoms with E-state index >= 15 is 0 Å². The van der Waals surface area contributed by atoms with Crippen LogP contribution in [0, 0.1) is 0 Å². The summed E-state index contributed by atoms with van der Waals surface area (Å²) in [6.07, 6.45) is 0. The molecular formula is C18H22N2O3. The SMILES string of the molecule is COc1ccc(CNC(=O)[C@@H](C)Nc2ccc(OC)cc2)cc1. The second-order valence-corrected chi connectivity index (χ2v) is 5.16. The fourth-order valence-corrected chi connectivity index (χ4v) is 2.09. The van der Waals surface area contributed by atoms with Gasteiger partial charge in [0.05, 0.1) is 14.2 Å². The van der Waals surface area contributed by atoms with E-state index in [2.05, 4.69) is 10.6 Å². The van der Waals surface area contributed by atoms with Gasteiger partial charge in [-0.3, -0.25) is 4.79 Å². The number of benzene rings is 2. The van der Waals surface area contributed by atoms with Gasteiger partial charge in [-0.25, -0.2) is 0 Å². The van der Waals surface area contributed by atoms with Crippen LogP contribution in [-0.4, -0.2) is 26.2 Å². The van der Waals surface area contributed by atoms with Crippen LogP contribution >= 0.6 is 0 Å². The van der Waals surface area contributed by atoms with Crippen LogP contribution < -0.4 is 20.1 Å². The quantitative estimate of drug-likeness (QED) is 0.825. The van der Waals surface area contributed by atoms with Crippen LogP contribution in [0.4, 0.5) is 5.69 Å². The lowest BCUT2D eigenvalue weighted by Gasteiger charge is -2.15. The molecule has 0 saturated heterocycles. The van der Waals surface area contributed by atoms with E-state index in [-0.39, 0.29) is 11.9 Å². The van der Waals surface area contributed by atoms with E-state index in [9.17, 15) is 4.79 Å². The van der Waals surface area contributed by atoms with Gasteiger partial charge in [0.2, 0.25) is 5.91 Å². The highest BCUT2D eigenvalue weighted by Crippen LogP contribution is 2.16. The van der Waals surface area contributed by atoms with E-state index in [1.807, 2.05) is 55.5 Å². The number of carbonyl (C=O) groups is 1. The monoisotopic (exact) mass is 314 g/mol. The summed E-state index contributed by atoms with van der Waals surface area (Å²) in [5, 5.41) is 6.07. The van der Waals surface area contributed by atoms with Gasteiger partial charge in [-0.1, -0.05) is 12.1 Å². The van der Waals surface area contributed by atoms with Crippen LogP contribution in [-0.2, 0) is 11.3 Å². The first kappa shape index (κ1) is 16.7. The van der Waals surface area contributed by atoms with Crippen molar-refractivity contribution in [3.8, 4) is 11.5 Å². The highest BCUT2D eigenvalue weighted by atomic mass is 16.5. The van der Waals surface area contributed by atoms with Crippen molar-refractivity contribution >= 4 is 11.6 Å². The number of ether oxygens (including phenoxy) is 2. The van der Waals surface area contributed by atoms with Gasteiger partial charge in [0.15, 0.2) is 0 Å². The topological polar surface area (TPSA) is 59.6 Å². The second kappa shape index (κ2) is 8.08. The minimum absolute atomic E-state index is 0.0587. The van der Waals surface area contributed by atoms with Crippen LogP contribution in [0.25, 0.3) is 0 Å². The summed E-state index contributed by atoms with van der Waals surface area (Å²) >= 11 is 0. The molecule has 0 unspecified atom stereocenters. The maximum atomic E-state index is 12.1. The molecular weight excluding hydrogens is 292 g/mol. The van der Waals surface area contributed by atoms with Crippen molar-refractivity contribution in [1.82, 2.24) is 5.32 Å². The zero-order chi connectivity index (χ0) is 16.7. The highest BCUT2D eigenvalue weighted by Gasteiger charge is 2.12. The molecule has 2 aromatic rings. The number of hydrogen-bond acceptors (Lipinski definition) is 4. The van der Waals surface area contributed by atoms with Gasteiger partial charge in [-0.2, -0.15) is 0 Å². The molecule has 0 bridgehead atoms. The summed E-state index contributed by atoms with van der Waals surface area (Å²) in [6.45, 7) is 2.31. The molecule has 1 amide bonds. The lowest BCUT2D eigenvalue weighted by Crippen LogP contribution is -2.37. The Morgan fingerprint density at radius 3 is 2.00 bits per heavy atom. The first-order valence-electron chi connectivity index (χ1n) is 7.43. The molecule has 0 heterocycles. The van der Waals surface area contributed by atoms with Gasteiger partial charge in [0.1, 0.15) is 17.5 Å². The first-order valence-corrected chi connectivity index (χ1v) is 7.43. The van der Waals surface area contributed by atoms with Crippen LogP contribution in [0.3, 0.4) is 0 Å². The van der Waals surface area contributed by atoms with Crippen molar-refractivity contribution in [3.05, 3.63) is 54.1 Å². The van der Waals surface area contributed by atoms with E-state index in [0.29, 0.717) is 6.54 Å². The normalized spacial score (nSPS) is 11.4. The Bertz CT molecular complexity index is 624. The van der Waals surface area contributed by atoms with Crippen molar-refractivity contribution in [2.75, 3.05) is 19.5 Å². The summed E-state index contributed by atoms with van der Waals surface area (Å²) in [5.41, 5.74) is 1.90. The molecule has 2 rings (SSSR count). The molecule has 122 valence electrons. The fraction of sp³-hybridized carbons (Fsp3) is 0.278. The fourth-order valence-electron chi connectivity index (χ4n) is 2.09.